The molecule has 2 fully saturated rings. The fraction of sp³-hybridized carbons (Fsp3) is 0.323. The maximum Gasteiger partial charge on any atom is 0.354 e. The van der Waals surface area contributed by atoms with Crippen LogP contribution in [0.1, 0.15) is 65.4 Å². The van der Waals surface area contributed by atoms with Crippen LogP contribution in [-0.4, -0.2) is 34.3 Å². The van der Waals surface area contributed by atoms with Gasteiger partial charge in [0.05, 0.1) is 15.6 Å². The monoisotopic (exact) mass is 577 g/mol. The van der Waals surface area contributed by atoms with Gasteiger partial charge in [-0.05, 0) is 92.0 Å². The number of carbonyl (C=O) groups is 1. The highest BCUT2D eigenvalue weighted by Crippen LogP contribution is 2.56. The Balaban J connectivity index is 1.14. The highest BCUT2D eigenvalue weighted by atomic mass is 35.5. The zero-order valence-electron chi connectivity index (χ0n) is 21.8. The number of rotatable bonds is 5. The zero-order valence-corrected chi connectivity index (χ0v) is 23.3. The first-order chi connectivity index (χ1) is 19.2. The normalized spacial score (nSPS) is 18.2. The summed E-state index contributed by atoms with van der Waals surface area (Å²) in [5, 5.41) is 15.1. The summed E-state index contributed by atoms with van der Waals surface area (Å²) in [5.74, 6) is -0.264. The number of anilines is 1. The minimum atomic E-state index is -1.02. The smallest absolute Gasteiger partial charge is 0.354 e. The molecular formula is C31H26Cl2FN3O3. The van der Waals surface area contributed by atoms with E-state index in [1.165, 1.54) is 17.7 Å². The first kappa shape index (κ1) is 25.5. The van der Waals surface area contributed by atoms with Crippen molar-refractivity contribution < 1.29 is 18.8 Å². The van der Waals surface area contributed by atoms with Gasteiger partial charge in [-0.25, -0.2) is 14.2 Å². The molecule has 0 amide bonds. The number of allylic oxidation sites excluding steroid dienone is 2. The van der Waals surface area contributed by atoms with E-state index in [1.54, 1.807) is 6.07 Å². The molecule has 0 radical (unpaired) electrons. The molecule has 0 atom stereocenters. The molecule has 1 spiro atoms. The number of pyridine rings is 1. The van der Waals surface area contributed by atoms with Gasteiger partial charge in [-0.15, -0.1) is 0 Å². The van der Waals surface area contributed by atoms with Crippen LogP contribution in [0.25, 0.3) is 27.7 Å². The molecular weight excluding hydrogens is 552 g/mol. The van der Waals surface area contributed by atoms with Crippen molar-refractivity contribution in [3.63, 3.8) is 0 Å². The van der Waals surface area contributed by atoms with Gasteiger partial charge in [0.25, 0.3) is 0 Å². The third kappa shape index (κ3) is 4.27. The lowest BCUT2D eigenvalue weighted by atomic mass is 9.63. The maximum absolute atomic E-state index is 13.9. The van der Waals surface area contributed by atoms with Gasteiger partial charge in [-0.2, -0.15) is 0 Å². The molecule has 1 aliphatic heterocycles. The van der Waals surface area contributed by atoms with Crippen LogP contribution in [0, 0.1) is 18.2 Å². The lowest BCUT2D eigenvalue weighted by molar-refractivity contribution is 0.0691. The molecule has 6 nitrogen and oxygen atoms in total. The fourth-order valence-electron chi connectivity index (χ4n) is 6.28. The number of carboxylic acids is 1. The van der Waals surface area contributed by atoms with E-state index in [1.807, 2.05) is 19.1 Å². The SMILES string of the molecule is Cc1cc(C(=O)O)nc2ccc(N3CCC4(C=C(c5c(-c6c(Cl)cc(F)cc6Cl)noc5C5CC5)C4)CC3)cc12. The van der Waals surface area contributed by atoms with Crippen LogP contribution in [0.3, 0.4) is 0 Å². The first-order valence-corrected chi connectivity index (χ1v) is 14.2. The molecule has 3 heterocycles. The number of piperidine rings is 1. The molecule has 4 aromatic rings. The summed E-state index contributed by atoms with van der Waals surface area (Å²) in [4.78, 5) is 18.1. The number of nitrogens with zero attached hydrogens (tertiary/aromatic N) is 3. The van der Waals surface area contributed by atoms with Crippen LogP contribution in [-0.2, 0) is 0 Å². The van der Waals surface area contributed by atoms with Crippen molar-refractivity contribution in [2.75, 3.05) is 18.0 Å². The van der Waals surface area contributed by atoms with E-state index in [9.17, 15) is 14.3 Å². The van der Waals surface area contributed by atoms with E-state index >= 15 is 0 Å². The second kappa shape index (κ2) is 9.32. The Kier molecular flexibility index (Phi) is 5.95. The summed E-state index contributed by atoms with van der Waals surface area (Å²) in [6, 6.07) is 10.2. The van der Waals surface area contributed by atoms with E-state index in [0.717, 1.165) is 73.2 Å². The van der Waals surface area contributed by atoms with Crippen LogP contribution < -0.4 is 4.90 Å². The van der Waals surface area contributed by atoms with Gasteiger partial charge < -0.3 is 14.5 Å². The summed E-state index contributed by atoms with van der Waals surface area (Å²) in [7, 11) is 0. The van der Waals surface area contributed by atoms with E-state index in [2.05, 4.69) is 27.2 Å². The van der Waals surface area contributed by atoms with Gasteiger partial charge in [0.15, 0.2) is 0 Å². The summed E-state index contributed by atoms with van der Waals surface area (Å²) >= 11 is 12.9. The second-order valence-electron chi connectivity index (χ2n) is 11.3. The molecule has 1 N–H and O–H groups in total. The molecule has 2 aromatic heterocycles. The van der Waals surface area contributed by atoms with E-state index in [4.69, 9.17) is 27.7 Å². The van der Waals surface area contributed by atoms with Crippen molar-refractivity contribution >= 4 is 51.3 Å². The van der Waals surface area contributed by atoms with Crippen LogP contribution >= 0.6 is 23.2 Å². The quantitative estimate of drug-likeness (QED) is 0.257. The number of fused-ring (bicyclic) bond motifs is 1. The minimum Gasteiger partial charge on any atom is -0.477 e. The van der Waals surface area contributed by atoms with Gasteiger partial charge >= 0.3 is 5.97 Å². The van der Waals surface area contributed by atoms with Crippen LogP contribution in [0.5, 0.6) is 0 Å². The number of aryl methyl sites for hydroxylation is 1. The number of aromatic nitrogens is 2. The van der Waals surface area contributed by atoms with E-state index < -0.39 is 11.8 Å². The molecule has 40 heavy (non-hydrogen) atoms. The van der Waals surface area contributed by atoms with Crippen LogP contribution in [0.15, 0.2) is 47.0 Å². The summed E-state index contributed by atoms with van der Waals surface area (Å²) in [6.45, 7) is 3.75. The second-order valence-corrected chi connectivity index (χ2v) is 12.1. The Hall–Kier alpha value is -3.42. The first-order valence-electron chi connectivity index (χ1n) is 13.5. The predicted octanol–water partition coefficient (Wildman–Crippen LogP) is 8.29. The molecule has 1 saturated carbocycles. The van der Waals surface area contributed by atoms with Crippen molar-refractivity contribution in [3.05, 3.63) is 80.9 Å². The van der Waals surface area contributed by atoms with Crippen molar-refractivity contribution in [1.29, 1.82) is 0 Å². The highest BCUT2D eigenvalue weighted by molar-refractivity contribution is 6.39. The van der Waals surface area contributed by atoms with Gasteiger partial charge in [-0.1, -0.05) is 34.4 Å². The molecule has 204 valence electrons. The number of halogens is 3. The van der Waals surface area contributed by atoms with E-state index in [-0.39, 0.29) is 21.2 Å². The van der Waals surface area contributed by atoms with Gasteiger partial charge in [0.1, 0.15) is 23.0 Å². The van der Waals surface area contributed by atoms with Crippen molar-refractivity contribution in [3.8, 4) is 11.3 Å². The Morgan fingerprint density at radius 3 is 2.45 bits per heavy atom. The predicted molar refractivity (Wildman–Crippen MR) is 154 cm³/mol. The third-order valence-corrected chi connectivity index (χ3v) is 9.19. The number of benzene rings is 2. The number of hydrogen-bond acceptors (Lipinski definition) is 5. The Morgan fingerprint density at radius 2 is 1.80 bits per heavy atom. The maximum atomic E-state index is 13.9. The summed E-state index contributed by atoms with van der Waals surface area (Å²) < 4.78 is 19.7. The molecule has 2 aromatic carbocycles. The topological polar surface area (TPSA) is 79.5 Å². The zero-order chi connectivity index (χ0) is 27.8. The third-order valence-electron chi connectivity index (χ3n) is 8.60. The standard InChI is InChI=1S/C31H26Cl2FN3O3/c1-16-10-25(30(38)39)35-24-5-4-20(13-21(16)24)37-8-6-31(7-9-37)14-18(15-31)26-28(36-40-29(26)17-2-3-17)27-22(32)11-19(34)12-23(27)33/h4-5,10-14,17H,2-3,6-9,15H2,1H3,(H,38,39). The Labute approximate surface area is 240 Å². The average Bonchev–Trinajstić information content (AvgIpc) is 3.66. The lowest BCUT2D eigenvalue weighted by Crippen LogP contribution is -2.42. The molecule has 3 aliphatic rings. The van der Waals surface area contributed by atoms with Gasteiger partial charge in [-0.3, -0.25) is 0 Å². The molecule has 1 saturated heterocycles. The highest BCUT2D eigenvalue weighted by Gasteiger charge is 2.44. The number of aromatic carboxylic acids is 1. The molecule has 0 bridgehead atoms. The number of carboxylic acid groups (broad SMARTS) is 1. The van der Waals surface area contributed by atoms with E-state index in [0.29, 0.717) is 22.7 Å². The molecule has 2 aliphatic carbocycles. The van der Waals surface area contributed by atoms with Crippen molar-refractivity contribution in [1.82, 2.24) is 10.1 Å². The minimum absolute atomic E-state index is 0.0648. The molecule has 0 unspecified atom stereocenters. The molecule has 7 rings (SSSR count). The van der Waals surface area contributed by atoms with Crippen LogP contribution in [0.4, 0.5) is 10.1 Å². The summed E-state index contributed by atoms with van der Waals surface area (Å²) in [5.41, 5.74) is 6.19. The Bertz CT molecular complexity index is 1710. The largest absolute Gasteiger partial charge is 0.477 e. The van der Waals surface area contributed by atoms with Crippen molar-refractivity contribution in [2.45, 2.75) is 44.9 Å². The summed E-state index contributed by atoms with van der Waals surface area (Å²) in [6.07, 6.45) is 7.46. The van der Waals surface area contributed by atoms with Gasteiger partial charge in [0, 0.05) is 41.2 Å². The lowest BCUT2D eigenvalue weighted by Gasteiger charge is -2.47. The molecule has 9 heteroatoms. The van der Waals surface area contributed by atoms with Crippen LogP contribution in [0.2, 0.25) is 10.0 Å². The fourth-order valence-corrected chi connectivity index (χ4v) is 6.92. The van der Waals surface area contributed by atoms with Gasteiger partial charge in [0.2, 0.25) is 0 Å². The average molecular weight is 578 g/mol. The Morgan fingerprint density at radius 1 is 1.10 bits per heavy atom. The number of hydrogen-bond donors (Lipinski definition) is 1. The van der Waals surface area contributed by atoms with Crippen molar-refractivity contribution in [2.24, 2.45) is 5.41 Å².